The zero-order chi connectivity index (χ0) is 18.5. The quantitative estimate of drug-likeness (QED) is 0.723. The largest absolute Gasteiger partial charge is 0.486 e. The predicted octanol–water partition coefficient (Wildman–Crippen LogP) is 2.32. The average Bonchev–Trinajstić information content (AvgIpc) is 3.06. The van der Waals surface area contributed by atoms with Crippen LogP contribution in [-0.2, 0) is 9.53 Å². The molecule has 0 saturated heterocycles. The van der Waals surface area contributed by atoms with E-state index in [0.717, 1.165) is 0 Å². The van der Waals surface area contributed by atoms with E-state index in [1.807, 2.05) is 5.32 Å². The topological polar surface area (TPSA) is 116 Å². The van der Waals surface area contributed by atoms with Gasteiger partial charge in [-0.1, -0.05) is 0 Å². The first kappa shape index (κ1) is 17.8. The van der Waals surface area contributed by atoms with Crippen molar-refractivity contribution in [1.29, 1.82) is 0 Å². The highest BCUT2D eigenvalue weighted by atomic mass is 79.9. The van der Waals surface area contributed by atoms with Gasteiger partial charge >= 0.3 is 12.0 Å². The van der Waals surface area contributed by atoms with Crippen LogP contribution in [0.15, 0.2) is 39.4 Å². The number of benzene rings is 1. The fourth-order valence-corrected chi connectivity index (χ4v) is 2.38. The van der Waals surface area contributed by atoms with Gasteiger partial charge in [0.2, 0.25) is 5.76 Å². The summed E-state index contributed by atoms with van der Waals surface area (Å²) in [5.74, 6) is -0.601. The summed E-state index contributed by atoms with van der Waals surface area (Å²) in [4.78, 5) is 35.1. The molecule has 0 saturated carbocycles. The summed E-state index contributed by atoms with van der Waals surface area (Å²) in [6.45, 7) is 0.243. The maximum atomic E-state index is 11.8. The maximum Gasteiger partial charge on any atom is 0.374 e. The van der Waals surface area contributed by atoms with Crippen molar-refractivity contribution in [3.8, 4) is 11.5 Å². The lowest BCUT2D eigenvalue weighted by Gasteiger charge is -2.19. The molecule has 0 spiro atoms. The van der Waals surface area contributed by atoms with Gasteiger partial charge in [-0.25, -0.2) is 9.59 Å². The fraction of sp³-hybridized carbons (Fsp3) is 0.188. The third-order valence-electron chi connectivity index (χ3n) is 3.16. The Morgan fingerprint density at radius 1 is 1.08 bits per heavy atom. The smallest absolute Gasteiger partial charge is 0.374 e. The predicted molar refractivity (Wildman–Crippen MR) is 91.3 cm³/mol. The molecule has 2 heterocycles. The van der Waals surface area contributed by atoms with Crippen molar-refractivity contribution in [1.82, 2.24) is 5.32 Å². The molecular weight excluding hydrogens is 412 g/mol. The number of halogens is 1. The summed E-state index contributed by atoms with van der Waals surface area (Å²) in [6.07, 6.45) is 0. The number of hydrogen-bond acceptors (Lipinski definition) is 7. The van der Waals surface area contributed by atoms with Crippen LogP contribution in [0.2, 0.25) is 0 Å². The number of anilines is 1. The van der Waals surface area contributed by atoms with Crippen LogP contribution in [0, 0.1) is 0 Å². The number of hydrogen-bond donors (Lipinski definition) is 2. The van der Waals surface area contributed by atoms with E-state index in [1.165, 1.54) is 12.1 Å². The molecule has 1 aliphatic heterocycles. The zero-order valence-electron chi connectivity index (χ0n) is 13.2. The highest BCUT2D eigenvalue weighted by molar-refractivity contribution is 9.10. The van der Waals surface area contributed by atoms with Crippen molar-refractivity contribution in [3.63, 3.8) is 0 Å². The number of carbonyl (C=O) groups is 3. The molecule has 9 nitrogen and oxygen atoms in total. The van der Waals surface area contributed by atoms with Gasteiger partial charge in [0.15, 0.2) is 22.8 Å². The van der Waals surface area contributed by atoms with Crippen molar-refractivity contribution in [2.24, 2.45) is 0 Å². The van der Waals surface area contributed by atoms with E-state index in [0.29, 0.717) is 35.1 Å². The molecule has 0 fully saturated rings. The molecule has 0 unspecified atom stereocenters. The van der Waals surface area contributed by atoms with Crippen LogP contribution in [0.4, 0.5) is 10.5 Å². The lowest BCUT2D eigenvalue weighted by Crippen LogP contribution is -2.37. The summed E-state index contributed by atoms with van der Waals surface area (Å²) in [6, 6.07) is 6.95. The number of nitrogens with one attached hydrogen (secondary N) is 2. The standard InChI is InChI=1S/C16H13BrN2O7/c17-13-4-3-11(26-13)15(21)25-8-14(20)19-16(22)18-9-1-2-10-12(7-9)24-6-5-23-10/h1-4,7H,5-6,8H2,(H2,18,19,20,22). The minimum Gasteiger partial charge on any atom is -0.486 e. The van der Waals surface area contributed by atoms with Crippen molar-refractivity contribution < 1.29 is 33.0 Å². The highest BCUT2D eigenvalue weighted by Crippen LogP contribution is 2.32. The van der Waals surface area contributed by atoms with Gasteiger partial charge in [0.1, 0.15) is 13.2 Å². The SMILES string of the molecule is O=C(COC(=O)c1ccc(Br)o1)NC(=O)Nc1ccc2c(c1)OCCO2. The first-order chi connectivity index (χ1) is 12.5. The maximum absolute atomic E-state index is 11.8. The van der Waals surface area contributed by atoms with Crippen LogP contribution in [0.5, 0.6) is 11.5 Å². The van der Waals surface area contributed by atoms with Gasteiger partial charge in [-0.2, -0.15) is 0 Å². The number of amides is 3. The number of imide groups is 1. The molecule has 10 heteroatoms. The van der Waals surface area contributed by atoms with E-state index in [9.17, 15) is 14.4 Å². The molecule has 1 aliphatic rings. The number of esters is 1. The molecule has 2 N–H and O–H groups in total. The monoisotopic (exact) mass is 424 g/mol. The van der Waals surface area contributed by atoms with Gasteiger partial charge in [-0.05, 0) is 40.2 Å². The fourth-order valence-electron chi connectivity index (χ4n) is 2.07. The molecule has 26 heavy (non-hydrogen) atoms. The van der Waals surface area contributed by atoms with Crippen LogP contribution in [0.1, 0.15) is 10.6 Å². The molecule has 2 aromatic rings. The summed E-state index contributed by atoms with van der Waals surface area (Å²) < 4.78 is 20.9. The lowest BCUT2D eigenvalue weighted by molar-refractivity contribution is -0.123. The molecule has 0 radical (unpaired) electrons. The first-order valence-electron chi connectivity index (χ1n) is 7.44. The summed E-state index contributed by atoms with van der Waals surface area (Å²) in [5, 5.41) is 4.52. The third-order valence-corrected chi connectivity index (χ3v) is 3.59. The minimum absolute atomic E-state index is 0.0644. The highest BCUT2D eigenvalue weighted by Gasteiger charge is 2.16. The Hall–Kier alpha value is -3.01. The van der Waals surface area contributed by atoms with Gasteiger partial charge in [0, 0.05) is 11.8 Å². The van der Waals surface area contributed by atoms with Gasteiger partial charge in [-0.15, -0.1) is 0 Å². The molecule has 0 bridgehead atoms. The van der Waals surface area contributed by atoms with Crippen LogP contribution >= 0.6 is 15.9 Å². The Morgan fingerprint density at radius 3 is 2.58 bits per heavy atom. The third kappa shape index (κ3) is 4.54. The second-order valence-electron chi connectivity index (χ2n) is 5.04. The van der Waals surface area contributed by atoms with E-state index < -0.39 is 24.5 Å². The molecule has 3 amide bonds. The number of carbonyl (C=O) groups excluding carboxylic acids is 3. The van der Waals surface area contributed by atoms with Gasteiger partial charge in [0.05, 0.1) is 0 Å². The van der Waals surface area contributed by atoms with Crippen LogP contribution in [-0.4, -0.2) is 37.7 Å². The number of rotatable bonds is 4. The lowest BCUT2D eigenvalue weighted by atomic mass is 10.2. The number of furan rings is 1. The van der Waals surface area contributed by atoms with Crippen molar-refractivity contribution in [2.75, 3.05) is 25.1 Å². The Labute approximate surface area is 155 Å². The summed E-state index contributed by atoms with van der Waals surface area (Å²) >= 11 is 3.04. The van der Waals surface area contributed by atoms with Crippen molar-refractivity contribution in [3.05, 3.63) is 40.8 Å². The Morgan fingerprint density at radius 2 is 1.85 bits per heavy atom. The van der Waals surface area contributed by atoms with Crippen molar-refractivity contribution in [2.45, 2.75) is 0 Å². The number of fused-ring (bicyclic) bond motifs is 1. The van der Waals surface area contributed by atoms with E-state index >= 15 is 0 Å². The minimum atomic E-state index is -0.821. The molecular formula is C16H13BrN2O7. The Kier molecular flexibility index (Phi) is 5.42. The van der Waals surface area contributed by atoms with Crippen molar-refractivity contribution >= 4 is 39.5 Å². The van der Waals surface area contributed by atoms with E-state index in [2.05, 4.69) is 21.2 Å². The molecule has 0 atom stereocenters. The first-order valence-corrected chi connectivity index (χ1v) is 8.23. The van der Waals surface area contributed by atoms with E-state index in [4.69, 9.17) is 18.6 Å². The van der Waals surface area contributed by atoms with E-state index in [-0.39, 0.29) is 5.76 Å². The molecule has 136 valence electrons. The zero-order valence-corrected chi connectivity index (χ0v) is 14.8. The molecule has 0 aliphatic carbocycles. The van der Waals surface area contributed by atoms with Gasteiger partial charge in [0.25, 0.3) is 5.91 Å². The number of urea groups is 1. The van der Waals surface area contributed by atoms with Gasteiger partial charge < -0.3 is 23.9 Å². The molecule has 1 aromatic carbocycles. The number of ether oxygens (including phenoxy) is 3. The second-order valence-corrected chi connectivity index (χ2v) is 5.82. The molecule has 1 aromatic heterocycles. The Bertz CT molecular complexity index is 849. The normalized spacial score (nSPS) is 12.2. The van der Waals surface area contributed by atoms with Crippen LogP contribution in [0.25, 0.3) is 0 Å². The van der Waals surface area contributed by atoms with E-state index in [1.54, 1.807) is 18.2 Å². The molecule has 3 rings (SSSR count). The summed E-state index contributed by atoms with van der Waals surface area (Å²) in [5.41, 5.74) is 0.414. The van der Waals surface area contributed by atoms with Gasteiger partial charge in [-0.3, -0.25) is 10.1 Å². The summed E-state index contributed by atoms with van der Waals surface area (Å²) in [7, 11) is 0. The second kappa shape index (κ2) is 7.91. The average molecular weight is 425 g/mol. The Balaban J connectivity index is 1.47. The van der Waals surface area contributed by atoms with Crippen LogP contribution in [0.3, 0.4) is 0 Å². The van der Waals surface area contributed by atoms with Crippen LogP contribution < -0.4 is 20.1 Å².